The molecule has 0 saturated carbocycles. The molecule has 0 aliphatic carbocycles. The first-order chi connectivity index (χ1) is 9.16. The van der Waals surface area contributed by atoms with Gasteiger partial charge in [0.2, 0.25) is 0 Å². The van der Waals surface area contributed by atoms with E-state index in [2.05, 4.69) is 20.9 Å². The van der Waals surface area contributed by atoms with Crippen LogP contribution >= 0.6 is 15.9 Å². The van der Waals surface area contributed by atoms with E-state index in [1.54, 1.807) is 6.20 Å². The van der Waals surface area contributed by atoms with Crippen LogP contribution in [0.1, 0.15) is 23.6 Å². The summed E-state index contributed by atoms with van der Waals surface area (Å²) in [7, 11) is 0. The monoisotopic (exact) mass is 319 g/mol. The minimum absolute atomic E-state index is 0.500. The molecule has 4 heteroatoms. The van der Waals surface area contributed by atoms with E-state index in [9.17, 15) is 9.90 Å². The maximum atomic E-state index is 11.4. The summed E-state index contributed by atoms with van der Waals surface area (Å²) in [5.41, 5.74) is 1.74. The maximum Gasteiger partial charge on any atom is 0.310 e. The van der Waals surface area contributed by atoms with Gasteiger partial charge in [-0.2, -0.15) is 0 Å². The van der Waals surface area contributed by atoms with Crippen molar-refractivity contribution < 1.29 is 9.90 Å². The minimum atomic E-state index is -0.797. The summed E-state index contributed by atoms with van der Waals surface area (Å²) in [5, 5.41) is 9.36. The van der Waals surface area contributed by atoms with E-state index in [4.69, 9.17) is 0 Å². The zero-order valence-electron chi connectivity index (χ0n) is 10.3. The van der Waals surface area contributed by atoms with Crippen LogP contribution in [0.25, 0.3) is 0 Å². The summed E-state index contributed by atoms with van der Waals surface area (Å²) < 4.78 is 0.897. The molecule has 0 bridgehead atoms. The van der Waals surface area contributed by atoms with Crippen LogP contribution in [-0.2, 0) is 11.2 Å². The molecule has 0 aliphatic rings. The highest BCUT2D eigenvalue weighted by molar-refractivity contribution is 9.10. The van der Waals surface area contributed by atoms with E-state index < -0.39 is 11.9 Å². The molecule has 98 valence electrons. The van der Waals surface area contributed by atoms with Gasteiger partial charge >= 0.3 is 5.97 Å². The molecule has 1 aromatic carbocycles. The fraction of sp³-hybridized carbons (Fsp3) is 0.200. The molecule has 0 amide bonds. The van der Waals surface area contributed by atoms with Crippen molar-refractivity contribution in [1.82, 2.24) is 4.98 Å². The van der Waals surface area contributed by atoms with Gasteiger partial charge in [0, 0.05) is 16.4 Å². The predicted octanol–water partition coefficient (Wildman–Crippen LogP) is 3.65. The fourth-order valence-electron chi connectivity index (χ4n) is 1.99. The van der Waals surface area contributed by atoms with E-state index in [0.717, 1.165) is 15.7 Å². The Morgan fingerprint density at radius 1 is 1.26 bits per heavy atom. The normalized spacial score (nSPS) is 12.1. The van der Waals surface area contributed by atoms with Gasteiger partial charge in [0.1, 0.15) is 0 Å². The number of benzene rings is 1. The van der Waals surface area contributed by atoms with Crippen molar-refractivity contribution in [3.63, 3.8) is 0 Å². The lowest BCUT2D eigenvalue weighted by Crippen LogP contribution is -2.13. The van der Waals surface area contributed by atoms with Gasteiger partial charge in [0.05, 0.1) is 5.92 Å². The number of pyridine rings is 1. The smallest absolute Gasteiger partial charge is 0.310 e. The summed E-state index contributed by atoms with van der Waals surface area (Å²) in [5.74, 6) is -1.30. The molecular formula is C15H14BrNO2. The van der Waals surface area contributed by atoms with E-state index in [1.165, 1.54) is 0 Å². The van der Waals surface area contributed by atoms with E-state index in [0.29, 0.717) is 12.8 Å². The summed E-state index contributed by atoms with van der Waals surface area (Å²) in [4.78, 5) is 15.6. The van der Waals surface area contributed by atoms with Gasteiger partial charge in [-0.3, -0.25) is 9.78 Å². The quantitative estimate of drug-likeness (QED) is 0.915. The van der Waals surface area contributed by atoms with Crippen molar-refractivity contribution in [1.29, 1.82) is 0 Å². The zero-order valence-corrected chi connectivity index (χ0v) is 11.9. The number of aromatic nitrogens is 1. The Balaban J connectivity index is 2.11. The molecule has 0 spiro atoms. The molecule has 2 aromatic rings. The highest BCUT2D eigenvalue weighted by Gasteiger charge is 2.19. The molecule has 1 aromatic heterocycles. The minimum Gasteiger partial charge on any atom is -0.481 e. The molecule has 0 fully saturated rings. The van der Waals surface area contributed by atoms with Crippen LogP contribution in [0, 0.1) is 0 Å². The van der Waals surface area contributed by atoms with Crippen molar-refractivity contribution in [2.24, 2.45) is 0 Å². The molecule has 3 nitrogen and oxygen atoms in total. The van der Waals surface area contributed by atoms with Crippen LogP contribution in [0.4, 0.5) is 0 Å². The van der Waals surface area contributed by atoms with Crippen molar-refractivity contribution in [2.75, 3.05) is 0 Å². The standard InChI is InChI=1S/C15H14BrNO2/c16-12-5-3-4-11(10-12)14(15(18)19)8-7-13-6-1-2-9-17-13/h1-6,9-10,14H,7-8H2,(H,18,19). The van der Waals surface area contributed by atoms with Crippen LogP contribution in [-0.4, -0.2) is 16.1 Å². The molecular weight excluding hydrogens is 306 g/mol. The number of carboxylic acid groups (broad SMARTS) is 1. The van der Waals surface area contributed by atoms with Crippen LogP contribution in [0.2, 0.25) is 0 Å². The largest absolute Gasteiger partial charge is 0.481 e. The van der Waals surface area contributed by atoms with Gasteiger partial charge in [-0.25, -0.2) is 0 Å². The first-order valence-corrected chi connectivity index (χ1v) is 6.84. The van der Waals surface area contributed by atoms with Crippen molar-refractivity contribution in [3.8, 4) is 0 Å². The van der Waals surface area contributed by atoms with Crippen LogP contribution in [0.5, 0.6) is 0 Å². The second kappa shape index (κ2) is 6.48. The Labute approximate surface area is 120 Å². The average molecular weight is 320 g/mol. The lowest BCUT2D eigenvalue weighted by atomic mass is 9.93. The van der Waals surface area contributed by atoms with Crippen molar-refractivity contribution in [3.05, 3.63) is 64.4 Å². The number of halogens is 1. The summed E-state index contributed by atoms with van der Waals surface area (Å²) in [6, 6.07) is 13.1. The molecule has 19 heavy (non-hydrogen) atoms. The molecule has 2 rings (SSSR count). The third kappa shape index (κ3) is 3.89. The third-order valence-corrected chi connectivity index (χ3v) is 3.46. The number of hydrogen-bond acceptors (Lipinski definition) is 2. The van der Waals surface area contributed by atoms with Gasteiger partial charge in [-0.15, -0.1) is 0 Å². The van der Waals surface area contributed by atoms with E-state index in [-0.39, 0.29) is 0 Å². The molecule has 1 N–H and O–H groups in total. The third-order valence-electron chi connectivity index (χ3n) is 2.96. The second-order valence-electron chi connectivity index (χ2n) is 4.31. The molecule has 0 radical (unpaired) electrons. The van der Waals surface area contributed by atoms with Gasteiger partial charge in [-0.05, 0) is 42.7 Å². The molecule has 0 saturated heterocycles. The Bertz CT molecular complexity index is 557. The number of aliphatic carboxylic acids is 1. The topological polar surface area (TPSA) is 50.2 Å². The fourth-order valence-corrected chi connectivity index (χ4v) is 2.41. The molecule has 1 unspecified atom stereocenters. The lowest BCUT2D eigenvalue weighted by Gasteiger charge is -2.12. The molecule has 1 atom stereocenters. The highest BCUT2D eigenvalue weighted by atomic mass is 79.9. The Morgan fingerprint density at radius 3 is 2.74 bits per heavy atom. The van der Waals surface area contributed by atoms with E-state index >= 15 is 0 Å². The summed E-state index contributed by atoms with van der Waals surface area (Å²) in [6.07, 6.45) is 2.93. The first kappa shape index (κ1) is 13.7. The summed E-state index contributed by atoms with van der Waals surface area (Å²) >= 11 is 3.37. The predicted molar refractivity (Wildman–Crippen MR) is 77.1 cm³/mol. The van der Waals surface area contributed by atoms with Crippen LogP contribution in [0.3, 0.4) is 0 Å². The number of rotatable bonds is 5. The number of aryl methyl sites for hydroxylation is 1. The SMILES string of the molecule is O=C(O)C(CCc1ccccn1)c1cccc(Br)c1. The Morgan fingerprint density at radius 2 is 2.11 bits per heavy atom. The van der Waals surface area contributed by atoms with Gasteiger partial charge in [-0.1, -0.05) is 34.1 Å². The van der Waals surface area contributed by atoms with Crippen LogP contribution < -0.4 is 0 Å². The van der Waals surface area contributed by atoms with Gasteiger partial charge in [0.15, 0.2) is 0 Å². The number of carboxylic acids is 1. The number of nitrogens with zero attached hydrogens (tertiary/aromatic N) is 1. The molecule has 0 aliphatic heterocycles. The maximum absolute atomic E-state index is 11.4. The number of carbonyl (C=O) groups is 1. The molecule has 1 heterocycles. The van der Waals surface area contributed by atoms with Crippen LogP contribution in [0.15, 0.2) is 53.1 Å². The average Bonchev–Trinajstić information content (AvgIpc) is 2.40. The van der Waals surface area contributed by atoms with Crippen molar-refractivity contribution >= 4 is 21.9 Å². The first-order valence-electron chi connectivity index (χ1n) is 6.05. The highest BCUT2D eigenvalue weighted by Crippen LogP contribution is 2.24. The van der Waals surface area contributed by atoms with Gasteiger partial charge < -0.3 is 5.11 Å². The Hall–Kier alpha value is -1.68. The van der Waals surface area contributed by atoms with Crippen molar-refractivity contribution in [2.45, 2.75) is 18.8 Å². The lowest BCUT2D eigenvalue weighted by molar-refractivity contribution is -0.138. The van der Waals surface area contributed by atoms with Gasteiger partial charge in [0.25, 0.3) is 0 Å². The number of hydrogen-bond donors (Lipinski definition) is 1. The second-order valence-corrected chi connectivity index (χ2v) is 5.22. The van der Waals surface area contributed by atoms with E-state index in [1.807, 2.05) is 42.5 Å². The zero-order chi connectivity index (χ0) is 13.7. The summed E-state index contributed by atoms with van der Waals surface area (Å²) in [6.45, 7) is 0. The Kier molecular flexibility index (Phi) is 4.68.